The fourth-order valence-electron chi connectivity index (χ4n) is 2.63. The number of fused-ring (bicyclic) bond motifs is 1. The molecule has 0 aliphatic heterocycles. The van der Waals surface area contributed by atoms with Gasteiger partial charge >= 0.3 is 0 Å². The summed E-state index contributed by atoms with van der Waals surface area (Å²) in [5.74, 6) is 0.709. The lowest BCUT2D eigenvalue weighted by atomic mass is 10.2. The number of imidazole rings is 1. The molecule has 0 saturated carbocycles. The average molecular weight is 364 g/mol. The van der Waals surface area contributed by atoms with Gasteiger partial charge in [0.2, 0.25) is 5.91 Å². The summed E-state index contributed by atoms with van der Waals surface area (Å²) >= 11 is 0. The molecule has 27 heavy (non-hydrogen) atoms. The minimum Gasteiger partial charge on any atom is -0.494 e. The van der Waals surface area contributed by atoms with Gasteiger partial charge < -0.3 is 9.30 Å². The second kappa shape index (κ2) is 9.52. The van der Waals surface area contributed by atoms with Crippen molar-refractivity contribution in [3.8, 4) is 5.75 Å². The zero-order valence-electron chi connectivity index (χ0n) is 15.5. The van der Waals surface area contributed by atoms with Gasteiger partial charge in [-0.3, -0.25) is 4.79 Å². The number of amides is 1. The maximum Gasteiger partial charge on any atom is 0.241 e. The number of para-hydroxylation sites is 2. The average Bonchev–Trinajstić information content (AvgIpc) is 3.11. The first-order valence-corrected chi connectivity index (χ1v) is 9.21. The standard InChI is InChI=1S/C21H24N4O2/c1-2-3-14-27-18-10-8-17(9-11-18)15-23-24-21(26)12-13-25-16-22-19-6-4-5-7-20(19)25/h4-11,15-16H,2-3,12-14H2,1H3,(H,24,26)/b23-15+. The maximum atomic E-state index is 12.0. The maximum absolute atomic E-state index is 12.0. The summed E-state index contributed by atoms with van der Waals surface area (Å²) in [5.41, 5.74) is 5.42. The van der Waals surface area contributed by atoms with Gasteiger partial charge in [0, 0.05) is 13.0 Å². The van der Waals surface area contributed by atoms with Crippen LogP contribution < -0.4 is 10.2 Å². The molecule has 1 N–H and O–H groups in total. The first-order valence-electron chi connectivity index (χ1n) is 9.21. The summed E-state index contributed by atoms with van der Waals surface area (Å²) in [6.07, 6.45) is 5.87. The van der Waals surface area contributed by atoms with E-state index in [-0.39, 0.29) is 5.91 Å². The number of benzene rings is 2. The predicted octanol–water partition coefficient (Wildman–Crippen LogP) is 3.76. The molecular formula is C21H24N4O2. The summed E-state index contributed by atoms with van der Waals surface area (Å²) < 4.78 is 7.59. The van der Waals surface area contributed by atoms with Crippen LogP contribution in [0, 0.1) is 0 Å². The number of nitrogens with zero attached hydrogens (tertiary/aromatic N) is 3. The fourth-order valence-corrected chi connectivity index (χ4v) is 2.63. The Labute approximate surface area is 158 Å². The van der Waals surface area contributed by atoms with Crippen molar-refractivity contribution < 1.29 is 9.53 Å². The third-order valence-electron chi connectivity index (χ3n) is 4.16. The van der Waals surface area contributed by atoms with Crippen LogP contribution in [0.3, 0.4) is 0 Å². The summed E-state index contributed by atoms with van der Waals surface area (Å²) in [5, 5.41) is 4.02. The summed E-state index contributed by atoms with van der Waals surface area (Å²) in [7, 11) is 0. The topological polar surface area (TPSA) is 68.5 Å². The molecule has 0 fully saturated rings. The van der Waals surface area contributed by atoms with Gasteiger partial charge in [-0.2, -0.15) is 5.10 Å². The van der Waals surface area contributed by atoms with Gasteiger partial charge in [-0.05, 0) is 48.4 Å². The Morgan fingerprint density at radius 3 is 2.85 bits per heavy atom. The minimum atomic E-state index is -0.136. The molecule has 0 unspecified atom stereocenters. The molecule has 1 aromatic heterocycles. The highest BCUT2D eigenvalue weighted by Crippen LogP contribution is 2.12. The van der Waals surface area contributed by atoms with E-state index in [9.17, 15) is 4.79 Å². The highest BCUT2D eigenvalue weighted by atomic mass is 16.5. The van der Waals surface area contributed by atoms with E-state index >= 15 is 0 Å². The number of hydrogen-bond acceptors (Lipinski definition) is 4. The molecule has 3 aromatic rings. The smallest absolute Gasteiger partial charge is 0.241 e. The summed E-state index contributed by atoms with van der Waals surface area (Å²) in [6.45, 7) is 3.42. The van der Waals surface area contributed by atoms with Crippen molar-refractivity contribution in [2.75, 3.05) is 6.61 Å². The van der Waals surface area contributed by atoms with Crippen LogP contribution in [0.5, 0.6) is 5.75 Å². The highest BCUT2D eigenvalue weighted by molar-refractivity contribution is 5.82. The van der Waals surface area contributed by atoms with Gasteiger partial charge in [0.25, 0.3) is 0 Å². The SMILES string of the molecule is CCCCOc1ccc(/C=N/NC(=O)CCn2cnc3ccccc32)cc1. The Balaban J connectivity index is 1.44. The number of nitrogens with one attached hydrogen (secondary N) is 1. The first kappa shape index (κ1) is 18.6. The van der Waals surface area contributed by atoms with E-state index < -0.39 is 0 Å². The second-order valence-corrected chi connectivity index (χ2v) is 6.24. The van der Waals surface area contributed by atoms with E-state index in [1.807, 2.05) is 53.1 Å². The fraction of sp³-hybridized carbons (Fsp3) is 0.286. The number of rotatable bonds is 9. The molecule has 0 saturated heterocycles. The van der Waals surface area contributed by atoms with Gasteiger partial charge in [0.15, 0.2) is 0 Å². The molecule has 0 spiro atoms. The van der Waals surface area contributed by atoms with E-state index in [2.05, 4.69) is 22.4 Å². The molecule has 0 bridgehead atoms. The number of aromatic nitrogens is 2. The molecule has 0 radical (unpaired) electrons. The van der Waals surface area contributed by atoms with Crippen LogP contribution in [0.2, 0.25) is 0 Å². The zero-order valence-corrected chi connectivity index (χ0v) is 15.5. The molecule has 2 aromatic carbocycles. The summed E-state index contributed by atoms with van der Waals surface area (Å²) in [4.78, 5) is 16.3. The van der Waals surface area contributed by atoms with Gasteiger partial charge in [0.05, 0.1) is 30.2 Å². The number of ether oxygens (including phenoxy) is 1. The highest BCUT2D eigenvalue weighted by Gasteiger charge is 2.04. The van der Waals surface area contributed by atoms with Gasteiger partial charge in [-0.25, -0.2) is 10.4 Å². The Bertz CT molecular complexity index is 900. The zero-order chi connectivity index (χ0) is 18.9. The molecule has 140 valence electrons. The van der Waals surface area contributed by atoms with Gasteiger partial charge in [0.1, 0.15) is 5.75 Å². The van der Waals surface area contributed by atoms with E-state index in [4.69, 9.17) is 4.74 Å². The molecule has 6 heteroatoms. The lowest BCUT2D eigenvalue weighted by molar-refractivity contribution is -0.121. The number of hydrogen-bond donors (Lipinski definition) is 1. The van der Waals surface area contributed by atoms with E-state index in [1.54, 1.807) is 12.5 Å². The van der Waals surface area contributed by atoms with Crippen LogP contribution in [0.4, 0.5) is 0 Å². The molecular weight excluding hydrogens is 340 g/mol. The monoisotopic (exact) mass is 364 g/mol. The van der Waals surface area contributed by atoms with Crippen LogP contribution in [0.15, 0.2) is 60.0 Å². The van der Waals surface area contributed by atoms with Crippen molar-refractivity contribution in [3.63, 3.8) is 0 Å². The number of hydrazone groups is 1. The van der Waals surface area contributed by atoms with E-state index in [1.165, 1.54) is 0 Å². The van der Waals surface area contributed by atoms with Crippen molar-refractivity contribution in [2.45, 2.75) is 32.7 Å². The van der Waals surface area contributed by atoms with Crippen LogP contribution in [0.25, 0.3) is 11.0 Å². The van der Waals surface area contributed by atoms with Crippen molar-refractivity contribution in [3.05, 3.63) is 60.4 Å². The molecule has 3 rings (SSSR count). The lowest BCUT2D eigenvalue weighted by Gasteiger charge is -2.05. The first-order chi connectivity index (χ1) is 13.3. The number of unbranched alkanes of at least 4 members (excludes halogenated alkanes) is 1. The van der Waals surface area contributed by atoms with Crippen molar-refractivity contribution in [1.82, 2.24) is 15.0 Å². The van der Waals surface area contributed by atoms with Crippen LogP contribution in [0.1, 0.15) is 31.7 Å². The molecule has 0 aliphatic carbocycles. The number of aryl methyl sites for hydroxylation is 1. The van der Waals surface area contributed by atoms with Crippen LogP contribution >= 0.6 is 0 Å². The van der Waals surface area contributed by atoms with Gasteiger partial charge in [-0.15, -0.1) is 0 Å². The third-order valence-corrected chi connectivity index (χ3v) is 4.16. The molecule has 1 amide bonds. The Hall–Kier alpha value is -3.15. The van der Waals surface area contributed by atoms with Gasteiger partial charge in [-0.1, -0.05) is 25.5 Å². The third kappa shape index (κ3) is 5.41. The van der Waals surface area contributed by atoms with E-state index in [0.29, 0.717) is 13.0 Å². The molecule has 0 atom stereocenters. The number of carbonyl (C=O) groups excluding carboxylic acids is 1. The Morgan fingerprint density at radius 1 is 1.22 bits per heavy atom. The molecule has 6 nitrogen and oxygen atoms in total. The van der Waals surface area contributed by atoms with Crippen LogP contribution in [-0.2, 0) is 11.3 Å². The largest absolute Gasteiger partial charge is 0.494 e. The normalized spacial score (nSPS) is 11.1. The predicted molar refractivity (Wildman–Crippen MR) is 107 cm³/mol. The van der Waals surface area contributed by atoms with E-state index in [0.717, 1.165) is 41.8 Å². The summed E-state index contributed by atoms with van der Waals surface area (Å²) in [6, 6.07) is 15.5. The lowest BCUT2D eigenvalue weighted by Crippen LogP contribution is -2.19. The molecule has 1 heterocycles. The Morgan fingerprint density at radius 2 is 2.04 bits per heavy atom. The van der Waals surface area contributed by atoms with Crippen LogP contribution in [-0.4, -0.2) is 28.3 Å². The molecule has 0 aliphatic rings. The Kier molecular flexibility index (Phi) is 6.57. The number of carbonyl (C=O) groups is 1. The van der Waals surface area contributed by atoms with Crippen molar-refractivity contribution in [2.24, 2.45) is 5.10 Å². The van der Waals surface area contributed by atoms with Crippen molar-refractivity contribution in [1.29, 1.82) is 0 Å². The second-order valence-electron chi connectivity index (χ2n) is 6.24. The minimum absolute atomic E-state index is 0.136. The quantitative estimate of drug-likeness (QED) is 0.357. The van der Waals surface area contributed by atoms with Crippen molar-refractivity contribution >= 4 is 23.2 Å².